The van der Waals surface area contributed by atoms with Crippen molar-refractivity contribution in [3.8, 4) is 5.75 Å². The van der Waals surface area contributed by atoms with Gasteiger partial charge in [0, 0.05) is 26.2 Å². The van der Waals surface area contributed by atoms with Gasteiger partial charge in [0.2, 0.25) is 0 Å². The number of carbonyl (C=O) groups excluding carboxylic acids is 1. The Morgan fingerprint density at radius 2 is 1.86 bits per heavy atom. The molecular weight excluding hydrogens is 357 g/mol. The maximum absolute atomic E-state index is 13.9. The molecule has 1 fully saturated rings. The van der Waals surface area contributed by atoms with Gasteiger partial charge in [-0.3, -0.25) is 0 Å². The summed E-state index contributed by atoms with van der Waals surface area (Å²) >= 11 is 0. The fraction of sp³-hybridized carbons (Fsp3) is 0.409. The normalized spacial score (nSPS) is 14.3. The molecule has 0 bridgehead atoms. The first-order valence-electron chi connectivity index (χ1n) is 9.79. The largest absolute Gasteiger partial charge is 0.492 e. The maximum atomic E-state index is 13.9. The van der Waals surface area contributed by atoms with Crippen LogP contribution in [0.3, 0.4) is 0 Å². The number of piperazine rings is 1. The summed E-state index contributed by atoms with van der Waals surface area (Å²) in [4.78, 5) is 16.1. The molecule has 6 heteroatoms. The van der Waals surface area contributed by atoms with Gasteiger partial charge in [-0.1, -0.05) is 38.1 Å². The number of amides is 2. The van der Waals surface area contributed by atoms with Gasteiger partial charge in [0.15, 0.2) is 0 Å². The molecule has 0 atom stereocenters. The van der Waals surface area contributed by atoms with E-state index in [0.29, 0.717) is 50.9 Å². The summed E-state index contributed by atoms with van der Waals surface area (Å²) in [5.41, 5.74) is 1.83. The molecule has 2 aromatic carbocycles. The number of para-hydroxylation sites is 1. The SMILES string of the molecule is CC(C)c1cccc(OCCNC(=O)N2CCN(c3ccccc3F)CC2)c1. The van der Waals surface area contributed by atoms with Crippen molar-refractivity contribution in [1.29, 1.82) is 0 Å². The summed E-state index contributed by atoms with van der Waals surface area (Å²) in [6.45, 7) is 7.52. The minimum atomic E-state index is -0.223. The second kappa shape index (κ2) is 9.44. The van der Waals surface area contributed by atoms with E-state index < -0.39 is 0 Å². The first-order valence-corrected chi connectivity index (χ1v) is 9.79. The zero-order chi connectivity index (χ0) is 19.9. The third-order valence-corrected chi connectivity index (χ3v) is 4.93. The van der Waals surface area contributed by atoms with Gasteiger partial charge in [-0.2, -0.15) is 0 Å². The molecule has 5 nitrogen and oxygen atoms in total. The van der Waals surface area contributed by atoms with Crippen LogP contribution in [0.25, 0.3) is 0 Å². The van der Waals surface area contributed by atoms with Crippen LogP contribution in [0, 0.1) is 5.82 Å². The van der Waals surface area contributed by atoms with Crippen LogP contribution >= 0.6 is 0 Å². The molecule has 28 heavy (non-hydrogen) atoms. The van der Waals surface area contributed by atoms with Crippen LogP contribution in [-0.2, 0) is 0 Å². The number of nitrogens with zero attached hydrogens (tertiary/aromatic N) is 2. The third kappa shape index (κ3) is 5.15. The smallest absolute Gasteiger partial charge is 0.317 e. The van der Waals surface area contributed by atoms with Gasteiger partial charge in [0.05, 0.1) is 12.2 Å². The van der Waals surface area contributed by atoms with E-state index in [1.54, 1.807) is 17.0 Å². The van der Waals surface area contributed by atoms with Gasteiger partial charge < -0.3 is 19.9 Å². The minimum absolute atomic E-state index is 0.104. The van der Waals surface area contributed by atoms with Crippen LogP contribution < -0.4 is 15.0 Å². The van der Waals surface area contributed by atoms with Gasteiger partial charge >= 0.3 is 6.03 Å². The lowest BCUT2D eigenvalue weighted by Crippen LogP contribution is -2.52. The molecule has 0 radical (unpaired) electrons. The second-order valence-electron chi connectivity index (χ2n) is 7.23. The molecule has 1 aliphatic heterocycles. The van der Waals surface area contributed by atoms with E-state index in [-0.39, 0.29) is 11.8 Å². The number of urea groups is 1. The highest BCUT2D eigenvalue weighted by Gasteiger charge is 2.22. The third-order valence-electron chi connectivity index (χ3n) is 4.93. The predicted molar refractivity (Wildman–Crippen MR) is 110 cm³/mol. The first-order chi connectivity index (χ1) is 13.5. The molecule has 1 N–H and O–H groups in total. The standard InChI is InChI=1S/C22H28FN3O2/c1-17(2)18-6-5-7-19(16-18)28-15-10-24-22(27)26-13-11-25(12-14-26)21-9-4-3-8-20(21)23/h3-9,16-17H,10-15H2,1-2H3,(H,24,27). The number of ether oxygens (including phenoxy) is 1. The fourth-order valence-corrected chi connectivity index (χ4v) is 3.26. The van der Waals surface area contributed by atoms with Crippen LogP contribution in [0.5, 0.6) is 5.75 Å². The molecule has 0 aliphatic carbocycles. The summed E-state index contributed by atoms with van der Waals surface area (Å²) < 4.78 is 19.6. The van der Waals surface area contributed by atoms with Crippen molar-refractivity contribution >= 4 is 11.7 Å². The number of hydrogen-bond acceptors (Lipinski definition) is 3. The Morgan fingerprint density at radius 3 is 2.57 bits per heavy atom. The Bertz CT molecular complexity index is 789. The van der Waals surface area contributed by atoms with E-state index >= 15 is 0 Å². The zero-order valence-electron chi connectivity index (χ0n) is 16.5. The van der Waals surface area contributed by atoms with E-state index in [1.165, 1.54) is 11.6 Å². The number of hydrogen-bond donors (Lipinski definition) is 1. The molecule has 0 saturated carbocycles. The lowest BCUT2D eigenvalue weighted by Gasteiger charge is -2.36. The molecule has 0 aromatic heterocycles. The van der Waals surface area contributed by atoms with E-state index in [1.807, 2.05) is 29.2 Å². The van der Waals surface area contributed by atoms with E-state index in [2.05, 4.69) is 25.2 Å². The highest BCUT2D eigenvalue weighted by molar-refractivity contribution is 5.74. The van der Waals surface area contributed by atoms with Crippen LogP contribution in [0.2, 0.25) is 0 Å². The summed E-state index contributed by atoms with van der Waals surface area (Å²) in [5.74, 6) is 1.05. The lowest BCUT2D eigenvalue weighted by atomic mass is 10.0. The molecule has 150 valence electrons. The quantitative estimate of drug-likeness (QED) is 0.768. The highest BCUT2D eigenvalue weighted by Crippen LogP contribution is 2.21. The number of nitrogens with one attached hydrogen (secondary N) is 1. The highest BCUT2D eigenvalue weighted by atomic mass is 19.1. The van der Waals surface area contributed by atoms with Crippen LogP contribution in [0.4, 0.5) is 14.9 Å². The van der Waals surface area contributed by atoms with Crippen molar-refractivity contribution in [2.45, 2.75) is 19.8 Å². The molecule has 3 rings (SSSR count). The van der Waals surface area contributed by atoms with E-state index in [9.17, 15) is 9.18 Å². The van der Waals surface area contributed by atoms with Crippen molar-refractivity contribution in [2.75, 3.05) is 44.2 Å². The van der Waals surface area contributed by atoms with Gasteiger partial charge in [0.1, 0.15) is 18.2 Å². The second-order valence-corrected chi connectivity index (χ2v) is 7.23. The monoisotopic (exact) mass is 385 g/mol. The van der Waals surface area contributed by atoms with Gasteiger partial charge in [0.25, 0.3) is 0 Å². The molecule has 1 heterocycles. The Kier molecular flexibility index (Phi) is 6.74. The Balaban J connectivity index is 1.39. The Hall–Kier alpha value is -2.76. The molecule has 0 spiro atoms. The maximum Gasteiger partial charge on any atom is 0.317 e. The molecule has 1 saturated heterocycles. The summed E-state index contributed by atoms with van der Waals surface area (Å²) in [5, 5.41) is 2.90. The van der Waals surface area contributed by atoms with Crippen molar-refractivity contribution in [3.05, 3.63) is 59.9 Å². The summed E-state index contributed by atoms with van der Waals surface area (Å²) in [6, 6.07) is 14.7. The summed E-state index contributed by atoms with van der Waals surface area (Å²) in [6.07, 6.45) is 0. The van der Waals surface area contributed by atoms with Crippen molar-refractivity contribution in [3.63, 3.8) is 0 Å². The van der Waals surface area contributed by atoms with Crippen molar-refractivity contribution < 1.29 is 13.9 Å². The van der Waals surface area contributed by atoms with Gasteiger partial charge in [-0.25, -0.2) is 9.18 Å². The number of anilines is 1. The topological polar surface area (TPSA) is 44.8 Å². The number of rotatable bonds is 6. The van der Waals surface area contributed by atoms with Gasteiger partial charge in [-0.15, -0.1) is 0 Å². The average Bonchev–Trinajstić information content (AvgIpc) is 2.72. The van der Waals surface area contributed by atoms with Gasteiger partial charge in [-0.05, 0) is 35.7 Å². The van der Waals surface area contributed by atoms with E-state index in [0.717, 1.165) is 5.75 Å². The lowest BCUT2D eigenvalue weighted by molar-refractivity contribution is 0.191. The van der Waals surface area contributed by atoms with Crippen LogP contribution in [0.1, 0.15) is 25.3 Å². The minimum Gasteiger partial charge on any atom is -0.492 e. The average molecular weight is 385 g/mol. The van der Waals surface area contributed by atoms with Crippen LogP contribution in [-0.4, -0.2) is 50.3 Å². The summed E-state index contributed by atoms with van der Waals surface area (Å²) in [7, 11) is 0. The number of benzene rings is 2. The fourth-order valence-electron chi connectivity index (χ4n) is 3.26. The molecule has 1 aliphatic rings. The number of halogens is 1. The number of carbonyl (C=O) groups is 1. The van der Waals surface area contributed by atoms with Crippen LogP contribution in [0.15, 0.2) is 48.5 Å². The molecule has 0 unspecified atom stereocenters. The zero-order valence-corrected chi connectivity index (χ0v) is 16.5. The van der Waals surface area contributed by atoms with Crippen molar-refractivity contribution in [2.24, 2.45) is 0 Å². The molecular formula is C22H28FN3O2. The molecule has 2 aromatic rings. The first kappa shape index (κ1) is 20.0. The Labute approximate surface area is 166 Å². The Morgan fingerprint density at radius 1 is 1.11 bits per heavy atom. The van der Waals surface area contributed by atoms with E-state index in [4.69, 9.17) is 4.74 Å². The predicted octanol–water partition coefficient (Wildman–Crippen LogP) is 3.86. The molecule has 2 amide bonds. The van der Waals surface area contributed by atoms with Crippen molar-refractivity contribution in [1.82, 2.24) is 10.2 Å².